The van der Waals surface area contributed by atoms with Crippen molar-refractivity contribution >= 4 is 11.7 Å². The molecule has 1 aliphatic rings. The monoisotopic (exact) mass is 247 g/mol. The van der Waals surface area contributed by atoms with Gasteiger partial charge in [0.15, 0.2) is 5.78 Å². The molecule has 1 unspecified atom stereocenters. The third-order valence-corrected chi connectivity index (χ3v) is 3.05. The summed E-state index contributed by atoms with van der Waals surface area (Å²) in [5, 5.41) is 2.76. The van der Waals surface area contributed by atoms with Gasteiger partial charge in [-0.25, -0.2) is 0 Å². The Labute approximate surface area is 106 Å². The van der Waals surface area contributed by atoms with E-state index in [4.69, 9.17) is 4.74 Å². The van der Waals surface area contributed by atoms with Gasteiger partial charge in [-0.3, -0.25) is 9.59 Å². The first-order chi connectivity index (χ1) is 8.68. The summed E-state index contributed by atoms with van der Waals surface area (Å²) >= 11 is 0. The van der Waals surface area contributed by atoms with Gasteiger partial charge in [0, 0.05) is 6.61 Å². The SMILES string of the molecule is CC(=O)[C@H](NC(=O)C1CCCO1)c1ccccc1. The number of ether oxygens (including phenoxy) is 1. The van der Waals surface area contributed by atoms with Crippen LogP contribution in [-0.2, 0) is 14.3 Å². The van der Waals surface area contributed by atoms with E-state index in [1.807, 2.05) is 30.3 Å². The zero-order valence-corrected chi connectivity index (χ0v) is 10.4. The van der Waals surface area contributed by atoms with E-state index in [9.17, 15) is 9.59 Å². The first-order valence-electron chi connectivity index (χ1n) is 6.16. The van der Waals surface area contributed by atoms with Gasteiger partial charge in [-0.2, -0.15) is 0 Å². The highest BCUT2D eigenvalue weighted by Crippen LogP contribution is 2.17. The summed E-state index contributed by atoms with van der Waals surface area (Å²) in [6, 6.07) is 8.67. The Bertz CT molecular complexity index is 424. The highest BCUT2D eigenvalue weighted by atomic mass is 16.5. The van der Waals surface area contributed by atoms with Crippen LogP contribution in [0.25, 0.3) is 0 Å². The van der Waals surface area contributed by atoms with E-state index in [-0.39, 0.29) is 11.7 Å². The van der Waals surface area contributed by atoms with Gasteiger partial charge in [0.25, 0.3) is 0 Å². The molecule has 1 amide bonds. The van der Waals surface area contributed by atoms with Crippen molar-refractivity contribution in [2.24, 2.45) is 0 Å². The van der Waals surface area contributed by atoms with Gasteiger partial charge < -0.3 is 10.1 Å². The molecule has 0 radical (unpaired) electrons. The fourth-order valence-electron chi connectivity index (χ4n) is 2.08. The number of nitrogens with one attached hydrogen (secondary N) is 1. The zero-order chi connectivity index (χ0) is 13.0. The van der Waals surface area contributed by atoms with Crippen LogP contribution < -0.4 is 5.32 Å². The lowest BCUT2D eigenvalue weighted by atomic mass is 10.0. The Hall–Kier alpha value is -1.68. The third-order valence-electron chi connectivity index (χ3n) is 3.05. The van der Waals surface area contributed by atoms with Gasteiger partial charge in [-0.05, 0) is 25.3 Å². The second-order valence-corrected chi connectivity index (χ2v) is 4.46. The molecule has 1 aliphatic heterocycles. The molecule has 96 valence electrons. The minimum absolute atomic E-state index is 0.0763. The summed E-state index contributed by atoms with van der Waals surface area (Å²) in [6.45, 7) is 2.10. The van der Waals surface area contributed by atoms with Crippen molar-refractivity contribution in [2.45, 2.75) is 31.9 Å². The number of rotatable bonds is 4. The Morgan fingerprint density at radius 2 is 2.06 bits per heavy atom. The fraction of sp³-hybridized carbons (Fsp3) is 0.429. The minimum atomic E-state index is -0.581. The summed E-state index contributed by atoms with van der Waals surface area (Å²) in [4.78, 5) is 23.6. The lowest BCUT2D eigenvalue weighted by Gasteiger charge is -2.18. The molecule has 4 heteroatoms. The smallest absolute Gasteiger partial charge is 0.249 e. The van der Waals surface area contributed by atoms with Crippen molar-refractivity contribution in [3.05, 3.63) is 35.9 Å². The minimum Gasteiger partial charge on any atom is -0.368 e. The van der Waals surface area contributed by atoms with Crippen molar-refractivity contribution in [1.82, 2.24) is 5.32 Å². The summed E-state index contributed by atoms with van der Waals surface area (Å²) < 4.78 is 5.31. The molecule has 1 aromatic carbocycles. The average Bonchev–Trinajstić information content (AvgIpc) is 2.90. The maximum absolute atomic E-state index is 11.9. The molecule has 0 saturated carbocycles. The summed E-state index contributed by atoms with van der Waals surface area (Å²) in [6.07, 6.45) is 1.22. The first kappa shape index (κ1) is 12.8. The predicted octanol–water partition coefficient (Wildman–Crippen LogP) is 1.61. The first-order valence-corrected chi connectivity index (χ1v) is 6.16. The Morgan fingerprint density at radius 1 is 1.33 bits per heavy atom. The molecule has 4 nitrogen and oxygen atoms in total. The van der Waals surface area contributed by atoms with Gasteiger partial charge in [-0.1, -0.05) is 30.3 Å². The average molecular weight is 247 g/mol. The maximum Gasteiger partial charge on any atom is 0.249 e. The second-order valence-electron chi connectivity index (χ2n) is 4.46. The predicted molar refractivity (Wildman–Crippen MR) is 67.0 cm³/mol. The molecule has 1 fully saturated rings. The van der Waals surface area contributed by atoms with E-state index in [1.54, 1.807) is 0 Å². The number of carbonyl (C=O) groups excluding carboxylic acids is 2. The highest BCUT2D eigenvalue weighted by molar-refractivity contribution is 5.90. The molecule has 1 heterocycles. The van der Waals surface area contributed by atoms with E-state index in [1.165, 1.54) is 6.92 Å². The molecule has 1 N–H and O–H groups in total. The number of Topliss-reactive ketones (excluding diaryl/α,β-unsaturated/α-hetero) is 1. The van der Waals surface area contributed by atoms with Gasteiger partial charge >= 0.3 is 0 Å². The summed E-state index contributed by atoms with van der Waals surface area (Å²) in [5.41, 5.74) is 0.802. The van der Waals surface area contributed by atoms with Crippen molar-refractivity contribution in [1.29, 1.82) is 0 Å². The van der Waals surface area contributed by atoms with Crippen LogP contribution in [-0.4, -0.2) is 24.4 Å². The van der Waals surface area contributed by atoms with Crippen LogP contribution in [0.15, 0.2) is 30.3 Å². The van der Waals surface area contributed by atoms with Crippen LogP contribution in [0.4, 0.5) is 0 Å². The van der Waals surface area contributed by atoms with E-state index < -0.39 is 12.1 Å². The van der Waals surface area contributed by atoms with Crippen LogP contribution in [0.1, 0.15) is 31.4 Å². The van der Waals surface area contributed by atoms with Gasteiger partial charge in [-0.15, -0.1) is 0 Å². The lowest BCUT2D eigenvalue weighted by Crippen LogP contribution is -2.39. The van der Waals surface area contributed by atoms with E-state index in [0.29, 0.717) is 6.61 Å². The quantitative estimate of drug-likeness (QED) is 0.879. The summed E-state index contributed by atoms with van der Waals surface area (Å²) in [7, 11) is 0. The molecular formula is C14H17NO3. The number of hydrogen-bond acceptors (Lipinski definition) is 3. The number of amides is 1. The van der Waals surface area contributed by atoms with Crippen molar-refractivity contribution < 1.29 is 14.3 Å². The van der Waals surface area contributed by atoms with E-state index in [2.05, 4.69) is 5.32 Å². The molecule has 2 rings (SSSR count). The zero-order valence-electron chi connectivity index (χ0n) is 10.4. The van der Waals surface area contributed by atoms with Crippen molar-refractivity contribution in [3.8, 4) is 0 Å². The van der Waals surface area contributed by atoms with E-state index in [0.717, 1.165) is 18.4 Å². The van der Waals surface area contributed by atoms with Crippen LogP contribution in [0.2, 0.25) is 0 Å². The number of benzene rings is 1. The highest BCUT2D eigenvalue weighted by Gasteiger charge is 2.27. The standard InChI is InChI=1S/C14H17NO3/c1-10(16)13(11-6-3-2-4-7-11)15-14(17)12-8-5-9-18-12/h2-4,6-7,12-13H,5,8-9H2,1H3,(H,15,17)/t12?,13-/m0/s1. The van der Waals surface area contributed by atoms with Crippen LogP contribution in [0, 0.1) is 0 Å². The topological polar surface area (TPSA) is 55.4 Å². The molecule has 0 aliphatic carbocycles. The van der Waals surface area contributed by atoms with Crippen LogP contribution >= 0.6 is 0 Å². The molecule has 0 bridgehead atoms. The number of ketones is 1. The normalized spacial score (nSPS) is 20.4. The Balaban J connectivity index is 2.07. The molecule has 1 aromatic rings. The van der Waals surface area contributed by atoms with E-state index >= 15 is 0 Å². The molecular weight excluding hydrogens is 230 g/mol. The third kappa shape index (κ3) is 2.96. The Kier molecular flexibility index (Phi) is 4.10. The van der Waals surface area contributed by atoms with Gasteiger partial charge in [0.05, 0.1) is 0 Å². The van der Waals surface area contributed by atoms with Crippen LogP contribution in [0.3, 0.4) is 0 Å². The molecule has 0 aromatic heterocycles. The molecule has 1 saturated heterocycles. The fourth-order valence-corrected chi connectivity index (χ4v) is 2.08. The van der Waals surface area contributed by atoms with Crippen molar-refractivity contribution in [2.75, 3.05) is 6.61 Å². The molecule has 2 atom stereocenters. The number of carbonyl (C=O) groups is 2. The van der Waals surface area contributed by atoms with Gasteiger partial charge in [0.2, 0.25) is 5.91 Å². The second kappa shape index (κ2) is 5.78. The molecule has 0 spiro atoms. The Morgan fingerprint density at radius 3 is 2.61 bits per heavy atom. The molecule has 18 heavy (non-hydrogen) atoms. The maximum atomic E-state index is 11.9. The number of hydrogen-bond donors (Lipinski definition) is 1. The van der Waals surface area contributed by atoms with Gasteiger partial charge in [0.1, 0.15) is 12.1 Å². The largest absolute Gasteiger partial charge is 0.368 e. The van der Waals surface area contributed by atoms with Crippen LogP contribution in [0.5, 0.6) is 0 Å². The van der Waals surface area contributed by atoms with Crippen molar-refractivity contribution in [3.63, 3.8) is 0 Å². The summed E-state index contributed by atoms with van der Waals surface area (Å²) in [5.74, 6) is -0.274. The lowest BCUT2D eigenvalue weighted by molar-refractivity contribution is -0.133.